The van der Waals surface area contributed by atoms with Crippen molar-refractivity contribution in [1.29, 1.82) is 0 Å². The molecule has 32 heavy (non-hydrogen) atoms. The van der Waals surface area contributed by atoms with Gasteiger partial charge in [-0.15, -0.1) is 0 Å². The Morgan fingerprint density at radius 1 is 1.12 bits per heavy atom. The Bertz CT molecular complexity index is 979. The lowest BCUT2D eigenvalue weighted by Gasteiger charge is -2.28. The minimum absolute atomic E-state index is 0.0662. The Balaban J connectivity index is 1.48. The summed E-state index contributed by atoms with van der Waals surface area (Å²) in [4.78, 5) is 27.1. The number of fused-ring (bicyclic) bond motifs is 1. The molecule has 2 aromatic rings. The molecule has 8 nitrogen and oxygen atoms in total. The third-order valence-corrected chi connectivity index (χ3v) is 6.20. The van der Waals surface area contributed by atoms with E-state index in [4.69, 9.17) is 11.6 Å². The molecule has 2 aliphatic heterocycles. The number of rotatable bonds is 6. The van der Waals surface area contributed by atoms with E-state index in [1.807, 2.05) is 36.4 Å². The number of nitrogens with zero attached hydrogens (tertiary/aromatic N) is 1. The number of hydrogen-bond acceptors (Lipinski definition) is 6. The number of likely N-dealkylation sites (tertiary alicyclic amines) is 1. The fourth-order valence-electron chi connectivity index (χ4n) is 4.19. The van der Waals surface area contributed by atoms with E-state index in [-0.39, 0.29) is 25.4 Å². The monoisotopic (exact) mass is 459 g/mol. The van der Waals surface area contributed by atoms with E-state index in [1.54, 1.807) is 12.1 Å². The number of amides is 2. The van der Waals surface area contributed by atoms with Gasteiger partial charge in [-0.05, 0) is 35.7 Å². The van der Waals surface area contributed by atoms with Gasteiger partial charge in [-0.3, -0.25) is 9.59 Å². The third-order valence-electron chi connectivity index (χ3n) is 5.97. The SMILES string of the molecule is O=C(N[C@@H](Cc1ccccc1)[C@@H](O)C(=O)N1C[C@@H](O)[C@@H](O)C1)C1Cc2cc(Cl)ccc2N1. The van der Waals surface area contributed by atoms with Gasteiger partial charge in [0.05, 0.1) is 18.2 Å². The van der Waals surface area contributed by atoms with E-state index in [9.17, 15) is 24.9 Å². The van der Waals surface area contributed by atoms with Crippen molar-refractivity contribution in [1.82, 2.24) is 10.2 Å². The van der Waals surface area contributed by atoms with Gasteiger partial charge in [0, 0.05) is 30.2 Å². The molecule has 0 saturated carbocycles. The summed E-state index contributed by atoms with van der Waals surface area (Å²) < 4.78 is 0. The zero-order chi connectivity index (χ0) is 22.8. The van der Waals surface area contributed by atoms with Crippen molar-refractivity contribution in [3.8, 4) is 0 Å². The molecule has 1 saturated heterocycles. The predicted octanol–water partition coefficient (Wildman–Crippen LogP) is 0.329. The highest BCUT2D eigenvalue weighted by atomic mass is 35.5. The van der Waals surface area contributed by atoms with Gasteiger partial charge in [-0.25, -0.2) is 0 Å². The second kappa shape index (κ2) is 9.46. The summed E-state index contributed by atoms with van der Waals surface area (Å²) >= 11 is 6.05. The number of hydrogen-bond donors (Lipinski definition) is 5. The normalized spacial score (nSPS) is 23.9. The van der Waals surface area contributed by atoms with Crippen molar-refractivity contribution in [3.63, 3.8) is 0 Å². The largest absolute Gasteiger partial charge is 0.388 e. The summed E-state index contributed by atoms with van der Waals surface area (Å²) in [7, 11) is 0. The molecule has 0 aromatic heterocycles. The molecule has 0 bridgehead atoms. The van der Waals surface area contributed by atoms with Gasteiger partial charge >= 0.3 is 0 Å². The van der Waals surface area contributed by atoms with Crippen LogP contribution in [0.15, 0.2) is 48.5 Å². The van der Waals surface area contributed by atoms with E-state index in [0.29, 0.717) is 11.4 Å². The number of carbonyl (C=O) groups is 2. The molecule has 1 unspecified atom stereocenters. The van der Waals surface area contributed by atoms with Gasteiger partial charge in [-0.1, -0.05) is 41.9 Å². The molecule has 0 spiro atoms. The Morgan fingerprint density at radius 2 is 1.81 bits per heavy atom. The van der Waals surface area contributed by atoms with Crippen molar-refractivity contribution < 1.29 is 24.9 Å². The summed E-state index contributed by atoms with van der Waals surface area (Å²) in [5, 5.41) is 36.9. The Morgan fingerprint density at radius 3 is 2.50 bits per heavy atom. The predicted molar refractivity (Wildman–Crippen MR) is 119 cm³/mol. The van der Waals surface area contributed by atoms with Crippen LogP contribution in [-0.4, -0.2) is 75.5 Å². The molecule has 170 valence electrons. The lowest BCUT2D eigenvalue weighted by Crippen LogP contribution is -2.55. The van der Waals surface area contributed by atoms with Gasteiger partial charge in [0.2, 0.25) is 5.91 Å². The summed E-state index contributed by atoms with van der Waals surface area (Å²) in [6, 6.07) is 13.2. The van der Waals surface area contributed by atoms with Crippen LogP contribution in [0, 0.1) is 0 Å². The standard InChI is InChI=1S/C23H26ClN3O5/c24-15-6-7-16-14(9-15)10-18(25-16)22(31)26-17(8-13-4-2-1-3-5-13)21(30)23(32)27-11-19(28)20(29)12-27/h1-7,9,17-21,25,28-30H,8,10-12H2,(H,26,31)/t17-,18?,19-,20+,21+/m0/s1. The summed E-state index contributed by atoms with van der Waals surface area (Å²) in [6.45, 7) is -0.132. The molecule has 0 aliphatic carbocycles. The van der Waals surface area contributed by atoms with Gasteiger partial charge in [-0.2, -0.15) is 0 Å². The van der Waals surface area contributed by atoms with E-state index in [2.05, 4.69) is 10.6 Å². The maximum atomic E-state index is 13.0. The van der Waals surface area contributed by atoms with Crippen LogP contribution in [0.1, 0.15) is 11.1 Å². The summed E-state index contributed by atoms with van der Waals surface area (Å²) in [6.07, 6.45) is -2.96. The van der Waals surface area contributed by atoms with Crippen LogP contribution >= 0.6 is 11.6 Å². The number of aliphatic hydroxyl groups is 3. The van der Waals surface area contributed by atoms with Gasteiger partial charge in [0.1, 0.15) is 6.04 Å². The van der Waals surface area contributed by atoms with Crippen LogP contribution in [0.5, 0.6) is 0 Å². The van der Waals surface area contributed by atoms with Crippen molar-refractivity contribution in [2.24, 2.45) is 0 Å². The lowest BCUT2D eigenvalue weighted by atomic mass is 9.99. The van der Waals surface area contributed by atoms with Crippen molar-refractivity contribution >= 4 is 29.1 Å². The molecule has 9 heteroatoms. The fourth-order valence-corrected chi connectivity index (χ4v) is 4.39. The third kappa shape index (κ3) is 4.88. The zero-order valence-electron chi connectivity index (χ0n) is 17.3. The Hall–Kier alpha value is -2.65. The number of anilines is 1. The minimum atomic E-state index is -1.53. The fraction of sp³-hybridized carbons (Fsp3) is 0.391. The molecule has 1 fully saturated rings. The molecule has 4 rings (SSSR count). The Labute approximate surface area is 190 Å². The Kier molecular flexibility index (Phi) is 6.66. The van der Waals surface area contributed by atoms with E-state index >= 15 is 0 Å². The molecule has 0 radical (unpaired) electrons. The second-order valence-electron chi connectivity index (χ2n) is 8.33. The molecule has 5 atom stereocenters. The minimum Gasteiger partial charge on any atom is -0.388 e. The van der Waals surface area contributed by atoms with Crippen LogP contribution < -0.4 is 10.6 Å². The molecule has 2 amide bonds. The van der Waals surface area contributed by atoms with Gasteiger partial charge < -0.3 is 30.9 Å². The van der Waals surface area contributed by atoms with Crippen LogP contribution in [0.3, 0.4) is 0 Å². The first-order chi connectivity index (χ1) is 15.3. The summed E-state index contributed by atoms with van der Waals surface area (Å²) in [5.41, 5.74) is 2.60. The van der Waals surface area contributed by atoms with E-state index in [1.165, 1.54) is 4.90 Å². The molecular formula is C23H26ClN3O5. The highest BCUT2D eigenvalue weighted by Gasteiger charge is 2.39. The maximum absolute atomic E-state index is 13.0. The van der Waals surface area contributed by atoms with Gasteiger partial charge in [0.15, 0.2) is 6.10 Å². The first-order valence-electron chi connectivity index (χ1n) is 10.5. The van der Waals surface area contributed by atoms with Crippen LogP contribution in [0.25, 0.3) is 0 Å². The average Bonchev–Trinajstić information content (AvgIpc) is 3.35. The smallest absolute Gasteiger partial charge is 0.253 e. The number of benzene rings is 2. The number of carbonyl (C=O) groups excluding carboxylic acids is 2. The molecule has 2 heterocycles. The lowest BCUT2D eigenvalue weighted by molar-refractivity contribution is -0.141. The van der Waals surface area contributed by atoms with E-state index < -0.39 is 36.3 Å². The number of halogens is 1. The highest BCUT2D eigenvalue weighted by molar-refractivity contribution is 6.30. The number of aliphatic hydroxyl groups excluding tert-OH is 3. The highest BCUT2D eigenvalue weighted by Crippen LogP contribution is 2.28. The molecule has 2 aliphatic rings. The number of β-amino-alcohol motifs (C(OH)–C–C–N with tert-alkyl or cyclic N) is 2. The van der Waals surface area contributed by atoms with Crippen molar-refractivity contribution in [2.45, 2.75) is 43.2 Å². The van der Waals surface area contributed by atoms with Crippen LogP contribution in [0.4, 0.5) is 5.69 Å². The molecule has 2 aromatic carbocycles. The summed E-state index contributed by atoms with van der Waals surface area (Å²) in [5.74, 6) is -0.983. The molecule has 5 N–H and O–H groups in total. The number of nitrogens with one attached hydrogen (secondary N) is 2. The van der Waals surface area contributed by atoms with E-state index in [0.717, 1.165) is 16.8 Å². The first-order valence-corrected chi connectivity index (χ1v) is 10.9. The topological polar surface area (TPSA) is 122 Å². The zero-order valence-corrected chi connectivity index (χ0v) is 18.1. The molecular weight excluding hydrogens is 434 g/mol. The van der Waals surface area contributed by atoms with Crippen LogP contribution in [0.2, 0.25) is 5.02 Å². The average molecular weight is 460 g/mol. The second-order valence-corrected chi connectivity index (χ2v) is 8.77. The first kappa shape index (κ1) is 22.5. The van der Waals surface area contributed by atoms with Crippen LogP contribution in [-0.2, 0) is 22.4 Å². The van der Waals surface area contributed by atoms with Crippen molar-refractivity contribution in [2.75, 3.05) is 18.4 Å². The maximum Gasteiger partial charge on any atom is 0.253 e. The van der Waals surface area contributed by atoms with Gasteiger partial charge in [0.25, 0.3) is 5.91 Å². The quantitative estimate of drug-likeness (QED) is 0.424. The van der Waals surface area contributed by atoms with Crippen molar-refractivity contribution in [3.05, 3.63) is 64.7 Å².